The zero-order chi connectivity index (χ0) is 21.7. The number of hydrogen-bond donors (Lipinski definition) is 1. The molecule has 31 heavy (non-hydrogen) atoms. The fraction of sp³-hybridized carbons (Fsp3) is 0.250. The first-order chi connectivity index (χ1) is 15.1. The van der Waals surface area contributed by atoms with Crippen LogP contribution in [0, 0.1) is 0 Å². The van der Waals surface area contributed by atoms with Gasteiger partial charge in [-0.25, -0.2) is 9.78 Å². The highest BCUT2D eigenvalue weighted by Crippen LogP contribution is 2.35. The lowest BCUT2D eigenvalue weighted by molar-refractivity contribution is -0.220. The maximum Gasteiger partial charge on any atom is 0.329 e. The molecule has 1 N–H and O–H groups in total. The number of ether oxygens (including phenoxy) is 4. The third kappa shape index (κ3) is 4.68. The zero-order valence-electron chi connectivity index (χ0n) is 17.1. The first kappa shape index (κ1) is 20.8. The number of hydrogen-bond acceptors (Lipinski definition) is 6. The minimum absolute atomic E-state index is 0.338. The van der Waals surface area contributed by atoms with E-state index in [4.69, 9.17) is 24.1 Å². The van der Waals surface area contributed by atoms with E-state index in [1.165, 1.54) is 0 Å². The summed E-state index contributed by atoms with van der Waals surface area (Å²) in [4.78, 5) is 15.1. The Morgan fingerprint density at radius 3 is 2.61 bits per heavy atom. The van der Waals surface area contributed by atoms with Gasteiger partial charge in [-0.05, 0) is 47.0 Å². The van der Waals surface area contributed by atoms with Gasteiger partial charge in [0.1, 0.15) is 24.6 Å². The molecule has 0 radical (unpaired) electrons. The number of aromatic nitrogens is 1. The van der Waals surface area contributed by atoms with E-state index < -0.39 is 11.6 Å². The number of aliphatic carboxylic acids is 1. The molecule has 1 aliphatic heterocycles. The third-order valence-electron chi connectivity index (χ3n) is 5.13. The van der Waals surface area contributed by atoms with Crippen LogP contribution in [0.25, 0.3) is 11.1 Å². The molecule has 4 rings (SSSR count). The SMILES string of the molecule is COc1ncccc1-c1cccc(COc2ccc(C3(OCC(=O)O)COC3)cc2)c1. The highest BCUT2D eigenvalue weighted by Gasteiger charge is 2.42. The second kappa shape index (κ2) is 9.16. The van der Waals surface area contributed by atoms with Crippen molar-refractivity contribution in [1.29, 1.82) is 0 Å². The molecule has 0 atom stereocenters. The van der Waals surface area contributed by atoms with E-state index in [2.05, 4.69) is 4.98 Å². The van der Waals surface area contributed by atoms with Crippen LogP contribution in [0.15, 0.2) is 66.9 Å². The van der Waals surface area contributed by atoms with E-state index >= 15 is 0 Å². The van der Waals surface area contributed by atoms with Crippen molar-refractivity contribution in [1.82, 2.24) is 4.98 Å². The van der Waals surface area contributed by atoms with Gasteiger partial charge in [-0.2, -0.15) is 0 Å². The summed E-state index contributed by atoms with van der Waals surface area (Å²) in [7, 11) is 1.61. The number of pyridine rings is 1. The minimum atomic E-state index is -1.00. The average molecular weight is 421 g/mol. The van der Waals surface area contributed by atoms with Crippen molar-refractivity contribution in [3.05, 3.63) is 78.0 Å². The molecule has 1 aromatic heterocycles. The summed E-state index contributed by atoms with van der Waals surface area (Å²) in [6.45, 7) is 0.718. The molecule has 0 amide bonds. The third-order valence-corrected chi connectivity index (χ3v) is 5.13. The van der Waals surface area contributed by atoms with E-state index in [1.807, 2.05) is 60.7 Å². The Bertz CT molecular complexity index is 1050. The van der Waals surface area contributed by atoms with E-state index in [1.54, 1.807) is 13.3 Å². The highest BCUT2D eigenvalue weighted by molar-refractivity contribution is 5.69. The van der Waals surface area contributed by atoms with Gasteiger partial charge in [-0.3, -0.25) is 0 Å². The molecule has 2 aromatic carbocycles. The summed E-state index contributed by atoms with van der Waals surface area (Å²) in [5.41, 5.74) is 3.11. The van der Waals surface area contributed by atoms with Gasteiger partial charge in [0, 0.05) is 11.8 Å². The summed E-state index contributed by atoms with van der Waals surface area (Å²) in [6.07, 6.45) is 1.70. The minimum Gasteiger partial charge on any atom is -0.489 e. The molecule has 0 spiro atoms. The second-order valence-corrected chi connectivity index (χ2v) is 7.24. The van der Waals surface area contributed by atoms with Crippen LogP contribution in [0.2, 0.25) is 0 Å². The normalized spacial score (nSPS) is 14.5. The Hall–Kier alpha value is -3.42. The number of rotatable bonds is 9. The zero-order valence-corrected chi connectivity index (χ0v) is 17.1. The van der Waals surface area contributed by atoms with Crippen molar-refractivity contribution in [2.45, 2.75) is 12.2 Å². The number of carboxylic acids is 1. The van der Waals surface area contributed by atoms with Gasteiger partial charge in [0.2, 0.25) is 5.88 Å². The van der Waals surface area contributed by atoms with E-state index in [0.29, 0.717) is 31.5 Å². The van der Waals surface area contributed by atoms with Crippen LogP contribution >= 0.6 is 0 Å². The number of carboxylic acid groups (broad SMARTS) is 1. The lowest BCUT2D eigenvalue weighted by atomic mass is 9.91. The van der Waals surface area contributed by atoms with Crippen LogP contribution in [-0.2, 0) is 26.5 Å². The van der Waals surface area contributed by atoms with Crippen LogP contribution < -0.4 is 9.47 Å². The average Bonchev–Trinajstić information content (AvgIpc) is 2.78. The highest BCUT2D eigenvalue weighted by atomic mass is 16.6. The molecule has 7 nitrogen and oxygen atoms in total. The van der Waals surface area contributed by atoms with Crippen LogP contribution in [0.1, 0.15) is 11.1 Å². The molecule has 3 aromatic rings. The molecule has 1 aliphatic rings. The molecule has 7 heteroatoms. The van der Waals surface area contributed by atoms with Gasteiger partial charge in [0.15, 0.2) is 0 Å². The van der Waals surface area contributed by atoms with Gasteiger partial charge >= 0.3 is 5.97 Å². The molecule has 0 unspecified atom stereocenters. The van der Waals surface area contributed by atoms with Crippen molar-refractivity contribution in [2.24, 2.45) is 0 Å². The molecule has 0 bridgehead atoms. The lowest BCUT2D eigenvalue weighted by Gasteiger charge is -2.41. The molecule has 0 aliphatic carbocycles. The summed E-state index contributed by atoms with van der Waals surface area (Å²) in [6, 6.07) is 19.4. The fourth-order valence-corrected chi connectivity index (χ4v) is 3.44. The molecule has 160 valence electrons. The predicted octanol–water partition coefficient (Wildman–Crippen LogP) is 3.66. The summed E-state index contributed by atoms with van der Waals surface area (Å²) in [5.74, 6) is 0.286. The van der Waals surface area contributed by atoms with Gasteiger partial charge in [-0.1, -0.05) is 30.3 Å². The number of carbonyl (C=O) groups is 1. The van der Waals surface area contributed by atoms with Gasteiger partial charge in [0.05, 0.1) is 20.3 Å². The Balaban J connectivity index is 1.42. The van der Waals surface area contributed by atoms with Gasteiger partial charge in [-0.15, -0.1) is 0 Å². The predicted molar refractivity (Wildman–Crippen MR) is 113 cm³/mol. The molecular weight excluding hydrogens is 398 g/mol. The summed E-state index contributed by atoms with van der Waals surface area (Å²) in [5, 5.41) is 8.89. The van der Waals surface area contributed by atoms with Crippen molar-refractivity contribution in [2.75, 3.05) is 26.9 Å². The van der Waals surface area contributed by atoms with Crippen LogP contribution in [-0.4, -0.2) is 43.0 Å². The smallest absolute Gasteiger partial charge is 0.329 e. The van der Waals surface area contributed by atoms with E-state index in [0.717, 1.165) is 22.3 Å². The standard InChI is InChI=1S/C24H23NO6/c1-28-23-21(6-3-11-25-23)18-5-2-4-17(12-18)13-30-20-9-7-19(8-10-20)24(15-29-16-24)31-14-22(26)27/h2-12H,13-16H2,1H3,(H,26,27). The van der Waals surface area contributed by atoms with Crippen molar-refractivity contribution in [3.63, 3.8) is 0 Å². The topological polar surface area (TPSA) is 87.1 Å². The number of nitrogens with zero attached hydrogens (tertiary/aromatic N) is 1. The molecular formula is C24H23NO6. The Kier molecular flexibility index (Phi) is 6.16. The van der Waals surface area contributed by atoms with Gasteiger partial charge < -0.3 is 24.1 Å². The lowest BCUT2D eigenvalue weighted by Crippen LogP contribution is -2.49. The maximum absolute atomic E-state index is 10.8. The van der Waals surface area contributed by atoms with Crippen molar-refractivity contribution >= 4 is 5.97 Å². The number of methoxy groups -OCH3 is 1. The number of benzene rings is 2. The first-order valence-electron chi connectivity index (χ1n) is 9.85. The van der Waals surface area contributed by atoms with Crippen LogP contribution in [0.4, 0.5) is 0 Å². The molecule has 1 saturated heterocycles. The van der Waals surface area contributed by atoms with Gasteiger partial charge in [0.25, 0.3) is 0 Å². The van der Waals surface area contributed by atoms with Crippen LogP contribution in [0.5, 0.6) is 11.6 Å². The fourth-order valence-electron chi connectivity index (χ4n) is 3.44. The second-order valence-electron chi connectivity index (χ2n) is 7.24. The Labute approximate surface area is 180 Å². The molecule has 1 fully saturated rings. The van der Waals surface area contributed by atoms with Crippen LogP contribution in [0.3, 0.4) is 0 Å². The monoisotopic (exact) mass is 421 g/mol. The maximum atomic E-state index is 10.8. The molecule has 0 saturated carbocycles. The largest absolute Gasteiger partial charge is 0.489 e. The summed E-state index contributed by atoms with van der Waals surface area (Å²) >= 11 is 0. The summed E-state index contributed by atoms with van der Waals surface area (Å²) < 4.78 is 22.1. The van der Waals surface area contributed by atoms with Crippen molar-refractivity contribution in [3.8, 4) is 22.8 Å². The quantitative estimate of drug-likeness (QED) is 0.564. The van der Waals surface area contributed by atoms with E-state index in [-0.39, 0.29) is 6.61 Å². The Morgan fingerprint density at radius 2 is 1.94 bits per heavy atom. The Morgan fingerprint density at radius 1 is 1.13 bits per heavy atom. The molecule has 2 heterocycles. The van der Waals surface area contributed by atoms with Crippen molar-refractivity contribution < 1.29 is 28.8 Å². The van der Waals surface area contributed by atoms with E-state index in [9.17, 15) is 4.79 Å². The first-order valence-corrected chi connectivity index (χ1v) is 9.85.